The summed E-state index contributed by atoms with van der Waals surface area (Å²) in [6.45, 7) is 0.120. The Morgan fingerprint density at radius 1 is 0.944 bits per heavy atom. The van der Waals surface area contributed by atoms with Crippen molar-refractivity contribution in [3.8, 4) is 0 Å². The Bertz CT molecular complexity index is 550. The lowest BCUT2D eigenvalue weighted by Gasteiger charge is -2.08. The molecule has 0 radical (unpaired) electrons. The average molecular weight is 252 g/mol. The number of rotatable bonds is 3. The van der Waals surface area contributed by atoms with Gasteiger partial charge >= 0.3 is 0 Å². The Morgan fingerprint density at radius 2 is 1.72 bits per heavy atom. The first-order valence-electron chi connectivity index (χ1n) is 5.28. The first kappa shape index (κ1) is 12.3. The fraction of sp³-hybridized carbons (Fsp3) is 0.0769. The fourth-order valence-corrected chi connectivity index (χ4v) is 1.58. The van der Waals surface area contributed by atoms with E-state index < -0.39 is 17.5 Å². The minimum Gasteiger partial charge on any atom is -0.399 e. The van der Waals surface area contributed by atoms with Crippen molar-refractivity contribution in [2.24, 2.45) is 0 Å². The van der Waals surface area contributed by atoms with Crippen molar-refractivity contribution >= 4 is 11.4 Å². The molecule has 0 aliphatic heterocycles. The van der Waals surface area contributed by atoms with Crippen LogP contribution in [0.15, 0.2) is 36.4 Å². The molecule has 0 bridgehead atoms. The molecule has 2 nitrogen and oxygen atoms in total. The van der Waals surface area contributed by atoms with Gasteiger partial charge in [0, 0.05) is 29.5 Å². The van der Waals surface area contributed by atoms with Crippen LogP contribution < -0.4 is 11.1 Å². The molecule has 3 N–H and O–H groups in total. The number of hydrogen-bond donors (Lipinski definition) is 2. The Balaban J connectivity index is 2.11. The number of nitrogens with one attached hydrogen (secondary N) is 1. The highest BCUT2D eigenvalue weighted by molar-refractivity contribution is 5.54. The van der Waals surface area contributed by atoms with Gasteiger partial charge in [-0.25, -0.2) is 13.2 Å². The number of halogens is 3. The van der Waals surface area contributed by atoms with Gasteiger partial charge in [-0.1, -0.05) is 6.07 Å². The van der Waals surface area contributed by atoms with E-state index in [4.69, 9.17) is 5.73 Å². The molecular weight excluding hydrogens is 241 g/mol. The number of nitrogens with two attached hydrogens (primary N) is 1. The van der Waals surface area contributed by atoms with Gasteiger partial charge in [-0.05, 0) is 24.3 Å². The molecule has 5 heteroatoms. The van der Waals surface area contributed by atoms with Crippen LogP contribution in [-0.2, 0) is 6.54 Å². The summed E-state index contributed by atoms with van der Waals surface area (Å²) in [6, 6.07) is 7.27. The van der Waals surface area contributed by atoms with Gasteiger partial charge in [-0.15, -0.1) is 0 Å². The molecule has 2 rings (SSSR count). The van der Waals surface area contributed by atoms with Crippen molar-refractivity contribution in [2.45, 2.75) is 6.54 Å². The molecule has 0 aliphatic carbocycles. The molecule has 0 spiro atoms. The maximum absolute atomic E-state index is 13.3. The Morgan fingerprint density at radius 3 is 2.39 bits per heavy atom. The van der Waals surface area contributed by atoms with Crippen LogP contribution in [-0.4, -0.2) is 0 Å². The maximum atomic E-state index is 13.3. The van der Waals surface area contributed by atoms with Crippen molar-refractivity contribution < 1.29 is 13.2 Å². The lowest BCUT2D eigenvalue weighted by Crippen LogP contribution is -2.03. The normalized spacial score (nSPS) is 10.4. The van der Waals surface area contributed by atoms with Gasteiger partial charge in [0.25, 0.3) is 0 Å². The van der Waals surface area contributed by atoms with Gasteiger partial charge < -0.3 is 11.1 Å². The zero-order chi connectivity index (χ0) is 13.1. The molecule has 0 atom stereocenters. The van der Waals surface area contributed by atoms with Crippen LogP contribution in [0.1, 0.15) is 5.56 Å². The third kappa shape index (κ3) is 2.94. The predicted molar refractivity (Wildman–Crippen MR) is 64.5 cm³/mol. The van der Waals surface area contributed by atoms with E-state index >= 15 is 0 Å². The van der Waals surface area contributed by atoms with Crippen molar-refractivity contribution in [1.82, 2.24) is 0 Å². The predicted octanol–water partition coefficient (Wildman–Crippen LogP) is 3.30. The standard InChI is InChI=1S/C13H11F3N2/c14-9-2-1-8(13(16)5-9)7-18-12-4-10(15)3-11(17)6-12/h1-6,18H,7,17H2. The summed E-state index contributed by atoms with van der Waals surface area (Å²) in [7, 11) is 0. The zero-order valence-corrected chi connectivity index (χ0v) is 9.38. The number of anilines is 2. The molecule has 0 amide bonds. The molecule has 0 unspecified atom stereocenters. The lowest BCUT2D eigenvalue weighted by atomic mass is 10.2. The minimum absolute atomic E-state index is 0.120. The van der Waals surface area contributed by atoms with Crippen molar-refractivity contribution in [3.63, 3.8) is 0 Å². The third-order valence-electron chi connectivity index (χ3n) is 2.42. The van der Waals surface area contributed by atoms with Crippen molar-refractivity contribution in [1.29, 1.82) is 0 Å². The smallest absolute Gasteiger partial charge is 0.131 e. The largest absolute Gasteiger partial charge is 0.399 e. The van der Waals surface area contributed by atoms with Crippen LogP contribution in [0.25, 0.3) is 0 Å². The second-order valence-corrected chi connectivity index (χ2v) is 3.86. The third-order valence-corrected chi connectivity index (χ3v) is 2.42. The lowest BCUT2D eigenvalue weighted by molar-refractivity contribution is 0.574. The van der Waals surface area contributed by atoms with Gasteiger partial charge in [0.1, 0.15) is 17.5 Å². The molecule has 94 valence electrons. The molecule has 2 aromatic carbocycles. The van der Waals surface area contributed by atoms with E-state index in [1.165, 1.54) is 30.3 Å². The zero-order valence-electron chi connectivity index (χ0n) is 9.38. The summed E-state index contributed by atoms with van der Waals surface area (Å²) in [5.41, 5.74) is 6.48. The molecular formula is C13H11F3N2. The van der Waals surface area contributed by atoms with E-state index in [2.05, 4.69) is 5.32 Å². The Labute approximate surface area is 102 Å². The van der Waals surface area contributed by atoms with E-state index in [0.717, 1.165) is 6.07 Å². The SMILES string of the molecule is Nc1cc(F)cc(NCc2ccc(F)cc2F)c1. The fourth-order valence-electron chi connectivity index (χ4n) is 1.58. The van der Waals surface area contributed by atoms with Gasteiger partial charge in [0.2, 0.25) is 0 Å². The summed E-state index contributed by atoms with van der Waals surface area (Å²) in [5, 5.41) is 2.82. The van der Waals surface area contributed by atoms with Gasteiger partial charge in [-0.2, -0.15) is 0 Å². The highest BCUT2D eigenvalue weighted by Gasteiger charge is 2.04. The summed E-state index contributed by atoms with van der Waals surface area (Å²) >= 11 is 0. The van der Waals surface area contributed by atoms with E-state index in [-0.39, 0.29) is 12.2 Å². The van der Waals surface area contributed by atoms with Gasteiger partial charge in [-0.3, -0.25) is 0 Å². The summed E-state index contributed by atoms with van der Waals surface area (Å²) < 4.78 is 39.1. The molecule has 0 heterocycles. The van der Waals surface area contributed by atoms with Gasteiger partial charge in [0.05, 0.1) is 0 Å². The van der Waals surface area contributed by atoms with Crippen LogP contribution in [0.3, 0.4) is 0 Å². The number of nitrogen functional groups attached to an aromatic ring is 1. The molecule has 0 aromatic heterocycles. The topological polar surface area (TPSA) is 38.0 Å². The van der Waals surface area contributed by atoms with E-state index in [1.54, 1.807) is 0 Å². The molecule has 2 aromatic rings. The number of benzene rings is 2. The first-order valence-corrected chi connectivity index (χ1v) is 5.28. The van der Waals surface area contributed by atoms with Crippen LogP contribution in [0.4, 0.5) is 24.5 Å². The van der Waals surface area contributed by atoms with Crippen LogP contribution in [0.2, 0.25) is 0 Å². The maximum Gasteiger partial charge on any atom is 0.131 e. The Hall–Kier alpha value is -2.17. The molecule has 0 aliphatic rings. The van der Waals surface area contributed by atoms with Crippen molar-refractivity contribution in [3.05, 3.63) is 59.4 Å². The first-order chi connectivity index (χ1) is 8.54. The van der Waals surface area contributed by atoms with E-state index in [1.807, 2.05) is 0 Å². The molecule has 0 saturated heterocycles. The summed E-state index contributed by atoms with van der Waals surface area (Å²) in [6.07, 6.45) is 0. The second kappa shape index (κ2) is 5.00. The van der Waals surface area contributed by atoms with Crippen LogP contribution in [0.5, 0.6) is 0 Å². The van der Waals surface area contributed by atoms with Crippen LogP contribution in [0, 0.1) is 17.5 Å². The highest BCUT2D eigenvalue weighted by atomic mass is 19.1. The van der Waals surface area contributed by atoms with Crippen molar-refractivity contribution in [2.75, 3.05) is 11.1 Å². The Kier molecular flexibility index (Phi) is 3.41. The monoisotopic (exact) mass is 252 g/mol. The minimum atomic E-state index is -0.646. The quantitative estimate of drug-likeness (QED) is 0.822. The molecule has 0 saturated carbocycles. The van der Waals surface area contributed by atoms with Crippen LogP contribution >= 0.6 is 0 Å². The molecule has 0 fully saturated rings. The van der Waals surface area contributed by atoms with E-state index in [0.29, 0.717) is 11.3 Å². The summed E-state index contributed by atoms with van der Waals surface area (Å²) in [4.78, 5) is 0. The average Bonchev–Trinajstić information content (AvgIpc) is 2.26. The number of hydrogen-bond acceptors (Lipinski definition) is 2. The highest BCUT2D eigenvalue weighted by Crippen LogP contribution is 2.17. The second-order valence-electron chi connectivity index (χ2n) is 3.86. The molecule has 18 heavy (non-hydrogen) atoms. The van der Waals surface area contributed by atoms with E-state index in [9.17, 15) is 13.2 Å². The summed E-state index contributed by atoms with van der Waals surface area (Å²) in [5.74, 6) is -1.75. The van der Waals surface area contributed by atoms with Gasteiger partial charge in [0.15, 0.2) is 0 Å².